The second-order valence-corrected chi connectivity index (χ2v) is 10.8. The van der Waals surface area contributed by atoms with Crippen LogP contribution in [0.1, 0.15) is 69.5 Å². The molecule has 2 saturated carbocycles. The molecule has 1 atom stereocenters. The van der Waals surface area contributed by atoms with E-state index in [1.54, 1.807) is 36.8 Å². The number of pyridine rings is 1. The van der Waals surface area contributed by atoms with Crippen molar-refractivity contribution in [3.05, 3.63) is 58.2 Å². The van der Waals surface area contributed by atoms with Crippen molar-refractivity contribution in [2.24, 2.45) is 0 Å². The third kappa shape index (κ3) is 8.93. The third-order valence-corrected chi connectivity index (χ3v) is 8.14. The molecule has 9 nitrogen and oxygen atoms in total. The number of hydrogen-bond donors (Lipinski definition) is 4. The summed E-state index contributed by atoms with van der Waals surface area (Å²) in [5, 5.41) is 9.55. The summed E-state index contributed by atoms with van der Waals surface area (Å²) in [6.07, 6.45) is 7.41. The number of aryl methyl sites for hydroxylation is 1. The van der Waals surface area contributed by atoms with Crippen LogP contribution < -0.4 is 20.8 Å². The minimum atomic E-state index is -0.712. The molecule has 0 bridgehead atoms. The molecule has 1 amide bonds. The second-order valence-electron chi connectivity index (χ2n) is 9.93. The molecule has 3 aromatic rings. The molecule has 11 heteroatoms. The van der Waals surface area contributed by atoms with Gasteiger partial charge in [0.15, 0.2) is 5.43 Å². The lowest BCUT2D eigenvalue weighted by atomic mass is 10.1. The highest BCUT2D eigenvalue weighted by Gasteiger charge is 2.53. The number of rotatable bonds is 6. The molecule has 1 aromatic carbocycles. The van der Waals surface area contributed by atoms with Gasteiger partial charge in [-0.25, -0.2) is 9.78 Å². The van der Waals surface area contributed by atoms with Gasteiger partial charge in [-0.15, -0.1) is 24.5 Å². The van der Waals surface area contributed by atoms with E-state index in [0.29, 0.717) is 24.1 Å². The SMILES string of the molecule is C=C.CC.COC(=O)C1(NC(=O)C2CCCN2)CC1.COc1ccc2c(=O)cc(-c3nc(C4CC4)cs3)[nH]c2c1C.CS. The van der Waals surface area contributed by atoms with Gasteiger partial charge in [0.25, 0.3) is 0 Å². The van der Waals surface area contributed by atoms with E-state index in [1.165, 1.54) is 20.0 Å². The Balaban J connectivity index is 0.000000269. The largest absolute Gasteiger partial charge is 0.496 e. The summed E-state index contributed by atoms with van der Waals surface area (Å²) in [5.74, 6) is 1.00. The first kappa shape index (κ1) is 36.0. The van der Waals surface area contributed by atoms with Crippen LogP contribution >= 0.6 is 24.0 Å². The monoisotopic (exact) mass is 630 g/mol. The van der Waals surface area contributed by atoms with Crippen molar-refractivity contribution in [1.82, 2.24) is 20.6 Å². The fourth-order valence-corrected chi connectivity index (χ4v) is 5.56. The van der Waals surface area contributed by atoms with Gasteiger partial charge in [-0.1, -0.05) is 13.8 Å². The van der Waals surface area contributed by atoms with Gasteiger partial charge in [0.2, 0.25) is 5.91 Å². The van der Waals surface area contributed by atoms with Crippen LogP contribution in [0.25, 0.3) is 21.6 Å². The number of nitrogens with one attached hydrogen (secondary N) is 3. The summed E-state index contributed by atoms with van der Waals surface area (Å²) in [6.45, 7) is 12.8. The number of thiol groups is 1. The molecule has 0 spiro atoms. The molecule has 3 N–H and O–H groups in total. The minimum absolute atomic E-state index is 0.0117. The van der Waals surface area contributed by atoms with Crippen molar-refractivity contribution >= 4 is 46.7 Å². The highest BCUT2D eigenvalue weighted by atomic mass is 32.1. The second kappa shape index (κ2) is 17.2. The van der Waals surface area contributed by atoms with Crippen molar-refractivity contribution < 1.29 is 19.1 Å². The highest BCUT2D eigenvalue weighted by Crippen LogP contribution is 2.41. The maximum Gasteiger partial charge on any atom is 0.331 e. The molecular formula is C32H46N4O5S2. The van der Waals surface area contributed by atoms with Crippen LogP contribution in [0.2, 0.25) is 0 Å². The normalized spacial score (nSPS) is 17.2. The van der Waals surface area contributed by atoms with Crippen LogP contribution in [0.4, 0.5) is 0 Å². The molecule has 3 heterocycles. The Bertz CT molecular complexity index is 1410. The first-order chi connectivity index (χ1) is 20.8. The first-order valence-electron chi connectivity index (χ1n) is 14.6. The zero-order valence-corrected chi connectivity index (χ0v) is 27.9. The predicted molar refractivity (Wildman–Crippen MR) is 180 cm³/mol. The van der Waals surface area contributed by atoms with Crippen LogP contribution in [-0.4, -0.2) is 60.4 Å². The number of esters is 1. The lowest BCUT2D eigenvalue weighted by Gasteiger charge is -2.17. The maximum atomic E-state index is 12.4. The number of methoxy groups -OCH3 is 2. The zero-order chi connectivity index (χ0) is 32.2. The van der Waals surface area contributed by atoms with Crippen molar-refractivity contribution in [1.29, 1.82) is 0 Å². The summed E-state index contributed by atoms with van der Waals surface area (Å²) < 4.78 is 10.0. The molecule has 2 aromatic heterocycles. The Morgan fingerprint density at radius 1 is 1.14 bits per heavy atom. The van der Waals surface area contributed by atoms with Gasteiger partial charge in [0.05, 0.1) is 37.2 Å². The Hall–Kier alpha value is -3.15. The van der Waals surface area contributed by atoms with Crippen molar-refractivity contribution in [3.8, 4) is 16.5 Å². The van der Waals surface area contributed by atoms with Crippen LogP contribution in [0, 0.1) is 6.92 Å². The molecule has 1 unspecified atom stereocenters. The van der Waals surface area contributed by atoms with Gasteiger partial charge >= 0.3 is 5.97 Å². The maximum absolute atomic E-state index is 12.4. The number of carbonyl (C=O) groups excluding carboxylic acids is 2. The predicted octanol–water partition coefficient (Wildman–Crippen LogP) is 5.78. The third-order valence-electron chi connectivity index (χ3n) is 7.25. The van der Waals surface area contributed by atoms with Crippen molar-refractivity contribution in [3.63, 3.8) is 0 Å². The number of aromatic amines is 1. The zero-order valence-electron chi connectivity index (χ0n) is 26.2. The molecule has 0 radical (unpaired) electrons. The van der Waals surface area contributed by atoms with Crippen molar-refractivity contribution in [2.45, 2.75) is 76.8 Å². The quantitative estimate of drug-likeness (QED) is 0.155. The van der Waals surface area contributed by atoms with Crippen molar-refractivity contribution in [2.75, 3.05) is 27.0 Å². The standard InChI is InChI=1S/C17H16N2O2S.C10H16N2O3.C2H6.C2H4.CH4S/c1-9-15(21-2)6-5-11-14(20)7-12(18-16(9)11)17-19-13(8-22-17)10-3-4-10;1-15-9(14)10(4-5-10)12-8(13)7-3-2-6-11-7;3*1-2/h5-8,10H,3-4H2,1-2H3,(H,18,20);7,11H,2-6H2,1H3,(H,12,13);1-2H3;1-2H2;2H,1H3. The van der Waals surface area contributed by atoms with E-state index in [1.807, 2.05) is 26.8 Å². The van der Waals surface area contributed by atoms with E-state index in [4.69, 9.17) is 4.74 Å². The Morgan fingerprint density at radius 2 is 1.81 bits per heavy atom. The number of carbonyl (C=O) groups is 2. The Morgan fingerprint density at radius 3 is 2.35 bits per heavy atom. The van der Waals surface area contributed by atoms with Gasteiger partial charge in [-0.05, 0) is 70.4 Å². The lowest BCUT2D eigenvalue weighted by molar-refractivity contribution is -0.146. The fraction of sp³-hybridized carbons (Fsp3) is 0.500. The molecule has 1 saturated heterocycles. The summed E-state index contributed by atoms with van der Waals surface area (Å²) in [6, 6.07) is 5.15. The van der Waals surface area contributed by atoms with E-state index in [9.17, 15) is 14.4 Å². The molecule has 6 rings (SSSR count). The van der Waals surface area contributed by atoms with E-state index in [0.717, 1.165) is 52.6 Å². The number of H-pyrrole nitrogens is 1. The number of aromatic nitrogens is 2. The van der Waals surface area contributed by atoms with E-state index >= 15 is 0 Å². The van der Waals surface area contributed by atoms with Crippen LogP contribution in [0.5, 0.6) is 5.75 Å². The molecular weight excluding hydrogens is 585 g/mol. The molecule has 43 heavy (non-hydrogen) atoms. The summed E-state index contributed by atoms with van der Waals surface area (Å²) in [7, 11) is 2.99. The fourth-order valence-electron chi connectivity index (χ4n) is 4.68. The average Bonchev–Trinajstić information content (AvgIpc) is 3.93. The number of thiazole rings is 1. The van der Waals surface area contributed by atoms with E-state index in [2.05, 4.69) is 56.5 Å². The van der Waals surface area contributed by atoms with Gasteiger partial charge in [-0.3, -0.25) is 9.59 Å². The summed E-state index contributed by atoms with van der Waals surface area (Å²) in [4.78, 5) is 43.6. The number of amides is 1. The van der Waals surface area contributed by atoms with E-state index < -0.39 is 5.54 Å². The molecule has 236 valence electrons. The van der Waals surface area contributed by atoms with Gasteiger partial charge < -0.3 is 25.1 Å². The smallest absolute Gasteiger partial charge is 0.331 e. The number of nitrogens with zero attached hydrogens (tertiary/aromatic N) is 1. The Kier molecular flexibility index (Phi) is 14.4. The topological polar surface area (TPSA) is 122 Å². The molecule has 2 aliphatic carbocycles. The van der Waals surface area contributed by atoms with Crippen LogP contribution in [0.15, 0.2) is 41.5 Å². The van der Waals surface area contributed by atoms with Gasteiger partial charge in [0, 0.05) is 28.3 Å². The number of fused-ring (bicyclic) bond motifs is 1. The summed E-state index contributed by atoms with van der Waals surface area (Å²) in [5.41, 5.74) is 3.01. The van der Waals surface area contributed by atoms with E-state index in [-0.39, 0.29) is 23.3 Å². The molecule has 3 fully saturated rings. The Labute approximate surface area is 264 Å². The molecule has 3 aliphatic rings. The summed E-state index contributed by atoms with van der Waals surface area (Å²) >= 11 is 5.12. The van der Waals surface area contributed by atoms with Crippen LogP contribution in [0.3, 0.4) is 0 Å². The van der Waals surface area contributed by atoms with Gasteiger partial charge in [-0.2, -0.15) is 12.6 Å². The lowest BCUT2D eigenvalue weighted by Crippen LogP contribution is -2.50. The first-order valence-corrected chi connectivity index (χ1v) is 16.4. The molecule has 1 aliphatic heterocycles. The highest BCUT2D eigenvalue weighted by molar-refractivity contribution is 7.79. The minimum Gasteiger partial charge on any atom is -0.496 e. The average molecular weight is 631 g/mol. The number of hydrogen-bond acceptors (Lipinski definition) is 9. The van der Waals surface area contributed by atoms with Gasteiger partial charge in [0.1, 0.15) is 16.3 Å². The number of benzene rings is 1. The van der Waals surface area contributed by atoms with Crippen LogP contribution in [-0.2, 0) is 14.3 Å². The number of ether oxygens (including phenoxy) is 2.